The van der Waals surface area contributed by atoms with Crippen molar-refractivity contribution in [3.05, 3.63) is 75.7 Å². The van der Waals surface area contributed by atoms with E-state index in [-0.39, 0.29) is 11.4 Å². The summed E-state index contributed by atoms with van der Waals surface area (Å²) in [6.07, 6.45) is 0. The van der Waals surface area contributed by atoms with Gasteiger partial charge in [0.2, 0.25) is 0 Å². The van der Waals surface area contributed by atoms with Crippen molar-refractivity contribution < 1.29 is 0 Å². The van der Waals surface area contributed by atoms with Gasteiger partial charge in [-0.2, -0.15) is 0 Å². The lowest BCUT2D eigenvalue weighted by molar-refractivity contribution is 0.863. The molecule has 3 heteroatoms. The lowest BCUT2D eigenvalue weighted by Gasteiger charge is -2.19. The first-order valence-electron chi connectivity index (χ1n) is 7.47. The fraction of sp³-hybridized carbons (Fsp3) is 0.211. The summed E-state index contributed by atoms with van der Waals surface area (Å²) in [4.78, 5) is 13.1. The van der Waals surface area contributed by atoms with Crippen molar-refractivity contribution in [1.29, 1.82) is 0 Å². The maximum atomic E-state index is 13.1. The van der Waals surface area contributed by atoms with Crippen LogP contribution in [-0.4, -0.2) is 12.4 Å². The Morgan fingerprint density at radius 3 is 2.36 bits per heavy atom. The second kappa shape index (κ2) is 5.49. The topological polar surface area (TPSA) is 22.0 Å². The number of benzene rings is 2. The van der Waals surface area contributed by atoms with Gasteiger partial charge in [-0.3, -0.25) is 9.36 Å². The lowest BCUT2D eigenvalue weighted by atomic mass is 9.85. The van der Waals surface area contributed by atoms with Crippen molar-refractivity contribution in [2.75, 3.05) is 0 Å². The van der Waals surface area contributed by atoms with Crippen molar-refractivity contribution in [2.45, 2.75) is 26.6 Å². The Kier molecular flexibility index (Phi) is 3.65. The van der Waals surface area contributed by atoms with Gasteiger partial charge < -0.3 is 0 Å². The smallest absolute Gasteiger partial charge is 0.263 e. The van der Waals surface area contributed by atoms with Crippen LogP contribution in [0.3, 0.4) is 0 Å². The minimum atomic E-state index is -0.225. The average Bonchev–Trinajstić information content (AvgIpc) is 2.48. The van der Waals surface area contributed by atoms with Crippen LogP contribution in [0.4, 0.5) is 0 Å². The van der Waals surface area contributed by atoms with E-state index in [4.69, 9.17) is 7.85 Å². The average molecular weight is 287 g/mol. The summed E-state index contributed by atoms with van der Waals surface area (Å²) in [6.45, 7) is 5.89. The van der Waals surface area contributed by atoms with E-state index in [1.165, 1.54) is 0 Å². The highest BCUT2D eigenvalue weighted by Gasteiger charge is 2.15. The summed E-state index contributed by atoms with van der Waals surface area (Å²) < 4.78 is 1.76. The predicted octanol–water partition coefficient (Wildman–Crippen LogP) is 3.84. The minimum Gasteiger partial charge on any atom is -0.281 e. The Morgan fingerprint density at radius 2 is 1.68 bits per heavy atom. The van der Waals surface area contributed by atoms with E-state index in [0.29, 0.717) is 0 Å². The number of rotatable bonds is 2. The third kappa shape index (κ3) is 2.27. The lowest BCUT2D eigenvalue weighted by Crippen LogP contribution is -2.24. The number of nitrogens with zero attached hydrogens (tertiary/aromatic N) is 1. The second-order valence-electron chi connectivity index (χ2n) is 5.82. The molecule has 2 radical (unpaired) electrons. The predicted molar refractivity (Wildman–Crippen MR) is 93.2 cm³/mol. The highest BCUT2D eigenvalue weighted by molar-refractivity contribution is 6.12. The van der Waals surface area contributed by atoms with Crippen molar-refractivity contribution in [2.24, 2.45) is 0 Å². The van der Waals surface area contributed by atoms with Gasteiger partial charge in [-0.15, -0.1) is 0 Å². The quantitative estimate of drug-likeness (QED) is 0.656. The van der Waals surface area contributed by atoms with Gasteiger partial charge in [0.05, 0.1) is 18.9 Å². The molecule has 0 aliphatic heterocycles. The van der Waals surface area contributed by atoms with E-state index < -0.39 is 0 Å². The van der Waals surface area contributed by atoms with Crippen LogP contribution in [-0.2, 0) is 0 Å². The first kappa shape index (κ1) is 14.6. The standard InChI is InChI=1S/C19H18BNO/c1-12-7-4-5-10-16(12)21-17(14(3)20)11-15-9-6-8-13(2)18(15)19(21)22/h4-11,14H,1-3H3. The van der Waals surface area contributed by atoms with Crippen LogP contribution < -0.4 is 5.56 Å². The van der Waals surface area contributed by atoms with Crippen molar-refractivity contribution in [3.63, 3.8) is 0 Å². The molecule has 0 N–H and O–H groups in total. The summed E-state index contributed by atoms with van der Waals surface area (Å²) in [5, 5.41) is 1.71. The molecule has 2 aromatic carbocycles. The molecule has 0 aliphatic carbocycles. The molecule has 0 aliphatic rings. The summed E-state index contributed by atoms with van der Waals surface area (Å²) in [6, 6.07) is 15.8. The maximum absolute atomic E-state index is 13.1. The summed E-state index contributed by atoms with van der Waals surface area (Å²) >= 11 is 0. The van der Waals surface area contributed by atoms with E-state index >= 15 is 0 Å². The summed E-state index contributed by atoms with van der Waals surface area (Å²) in [7, 11) is 6.14. The molecule has 1 unspecified atom stereocenters. The number of hydrogen-bond acceptors (Lipinski definition) is 1. The fourth-order valence-corrected chi connectivity index (χ4v) is 2.95. The van der Waals surface area contributed by atoms with Crippen LogP contribution in [0.1, 0.15) is 29.6 Å². The maximum Gasteiger partial charge on any atom is 0.263 e. The van der Waals surface area contributed by atoms with E-state index in [2.05, 4.69) is 0 Å². The molecule has 0 saturated heterocycles. The van der Waals surface area contributed by atoms with E-state index in [1.807, 2.05) is 69.3 Å². The van der Waals surface area contributed by atoms with Crippen LogP contribution in [0.15, 0.2) is 53.3 Å². The zero-order valence-corrected chi connectivity index (χ0v) is 13.1. The first-order valence-corrected chi connectivity index (χ1v) is 7.47. The fourth-order valence-electron chi connectivity index (χ4n) is 2.95. The Hall–Kier alpha value is -2.29. The zero-order chi connectivity index (χ0) is 15.9. The van der Waals surface area contributed by atoms with Gasteiger partial charge >= 0.3 is 0 Å². The number of hydrogen-bond donors (Lipinski definition) is 0. The van der Waals surface area contributed by atoms with Gasteiger partial charge in [0, 0.05) is 5.69 Å². The molecule has 0 saturated carbocycles. The normalized spacial score (nSPS) is 12.5. The zero-order valence-electron chi connectivity index (χ0n) is 13.1. The molecular weight excluding hydrogens is 269 g/mol. The Labute approximate surface area is 131 Å². The molecule has 22 heavy (non-hydrogen) atoms. The third-order valence-corrected chi connectivity index (χ3v) is 4.11. The van der Waals surface area contributed by atoms with Gasteiger partial charge in [-0.05, 0) is 48.3 Å². The Balaban J connectivity index is 2.50. The van der Waals surface area contributed by atoms with Crippen molar-refractivity contribution in [3.8, 4) is 5.69 Å². The molecule has 0 fully saturated rings. The monoisotopic (exact) mass is 287 g/mol. The highest BCUT2D eigenvalue weighted by atomic mass is 16.1. The van der Waals surface area contributed by atoms with E-state index in [9.17, 15) is 4.79 Å². The van der Waals surface area contributed by atoms with Gasteiger partial charge in [-0.1, -0.05) is 43.3 Å². The number of para-hydroxylation sites is 1. The Morgan fingerprint density at radius 1 is 1.00 bits per heavy atom. The van der Waals surface area contributed by atoms with E-state index in [0.717, 1.165) is 33.3 Å². The van der Waals surface area contributed by atoms with Crippen LogP contribution in [0.5, 0.6) is 0 Å². The van der Waals surface area contributed by atoms with Gasteiger partial charge in [0.25, 0.3) is 5.56 Å². The molecular formula is C19H18BNO. The molecule has 0 bridgehead atoms. The summed E-state index contributed by atoms with van der Waals surface area (Å²) in [5.41, 5.74) is 3.76. The molecule has 108 valence electrons. The molecule has 2 nitrogen and oxygen atoms in total. The molecule has 0 spiro atoms. The number of fused-ring (bicyclic) bond motifs is 1. The second-order valence-corrected chi connectivity index (χ2v) is 5.82. The third-order valence-electron chi connectivity index (χ3n) is 4.11. The molecule has 1 heterocycles. The molecule has 0 amide bonds. The van der Waals surface area contributed by atoms with Gasteiger partial charge in [0.1, 0.15) is 0 Å². The molecule has 1 aromatic heterocycles. The first-order chi connectivity index (χ1) is 10.5. The van der Waals surface area contributed by atoms with Crippen LogP contribution >= 0.6 is 0 Å². The highest BCUT2D eigenvalue weighted by Crippen LogP contribution is 2.23. The molecule has 3 aromatic rings. The van der Waals surface area contributed by atoms with Crippen LogP contribution in [0.25, 0.3) is 16.5 Å². The van der Waals surface area contributed by atoms with Gasteiger partial charge in [-0.25, -0.2) is 0 Å². The number of pyridine rings is 1. The van der Waals surface area contributed by atoms with Crippen molar-refractivity contribution in [1.82, 2.24) is 4.57 Å². The number of aryl methyl sites for hydroxylation is 2. The Bertz CT molecular complexity index is 909. The van der Waals surface area contributed by atoms with E-state index in [1.54, 1.807) is 4.57 Å². The van der Waals surface area contributed by atoms with Gasteiger partial charge in [0.15, 0.2) is 0 Å². The SMILES string of the molecule is [B]C(C)c1cc2cccc(C)c2c(=O)n1-c1ccccc1C. The minimum absolute atomic E-state index is 0.00259. The molecule has 1 atom stereocenters. The van der Waals surface area contributed by atoms with Crippen molar-refractivity contribution >= 4 is 18.6 Å². The largest absolute Gasteiger partial charge is 0.281 e. The molecule has 3 rings (SSSR count). The summed E-state index contributed by atoms with van der Waals surface area (Å²) in [5.74, 6) is -0.225. The van der Waals surface area contributed by atoms with Crippen LogP contribution in [0.2, 0.25) is 0 Å². The van der Waals surface area contributed by atoms with Crippen LogP contribution in [0, 0.1) is 13.8 Å². The number of aromatic nitrogens is 1.